The number of aryl methyl sites for hydroxylation is 1. The summed E-state index contributed by atoms with van der Waals surface area (Å²) < 4.78 is 1.90. The third kappa shape index (κ3) is 3.35. The molecule has 1 aromatic heterocycles. The van der Waals surface area contributed by atoms with E-state index in [1.807, 2.05) is 11.6 Å². The van der Waals surface area contributed by atoms with Gasteiger partial charge < -0.3 is 15.3 Å². The molecule has 5 nitrogen and oxygen atoms in total. The summed E-state index contributed by atoms with van der Waals surface area (Å²) in [4.78, 5) is 2.43. The Labute approximate surface area is 115 Å². The maximum absolute atomic E-state index is 9.01. The van der Waals surface area contributed by atoms with Gasteiger partial charge in [-0.2, -0.15) is 5.10 Å². The van der Waals surface area contributed by atoms with Gasteiger partial charge >= 0.3 is 0 Å². The van der Waals surface area contributed by atoms with Crippen molar-refractivity contribution in [2.45, 2.75) is 45.8 Å². The summed E-state index contributed by atoms with van der Waals surface area (Å²) in [6.45, 7) is 7.97. The third-order valence-electron chi connectivity index (χ3n) is 4.20. The number of likely N-dealkylation sites (N-methyl/N-ethyl adjacent to an activating group) is 1. The molecule has 1 fully saturated rings. The molecule has 0 bridgehead atoms. The maximum atomic E-state index is 9.01. The summed E-state index contributed by atoms with van der Waals surface area (Å²) in [7, 11) is 2.20. The van der Waals surface area contributed by atoms with Crippen molar-refractivity contribution in [1.82, 2.24) is 20.0 Å². The highest BCUT2D eigenvalue weighted by molar-refractivity contribution is 5.24. The predicted molar refractivity (Wildman–Crippen MR) is 76.1 cm³/mol. The van der Waals surface area contributed by atoms with Crippen LogP contribution in [0.15, 0.2) is 0 Å². The fourth-order valence-corrected chi connectivity index (χ4v) is 2.90. The summed E-state index contributed by atoms with van der Waals surface area (Å²) in [6.07, 6.45) is 2.61. The van der Waals surface area contributed by atoms with Crippen LogP contribution in [-0.2, 0) is 13.1 Å². The zero-order valence-corrected chi connectivity index (χ0v) is 12.3. The first-order chi connectivity index (χ1) is 9.13. The topological polar surface area (TPSA) is 53.3 Å². The molecule has 2 heterocycles. The molecule has 1 aliphatic heterocycles. The Morgan fingerprint density at radius 1 is 1.42 bits per heavy atom. The van der Waals surface area contributed by atoms with Crippen molar-refractivity contribution in [3.63, 3.8) is 0 Å². The van der Waals surface area contributed by atoms with Crippen molar-refractivity contribution in [3.05, 3.63) is 17.0 Å². The molecule has 1 unspecified atom stereocenters. The van der Waals surface area contributed by atoms with Crippen LogP contribution in [-0.4, -0.2) is 52.6 Å². The van der Waals surface area contributed by atoms with E-state index in [4.69, 9.17) is 5.11 Å². The van der Waals surface area contributed by atoms with E-state index in [0.717, 1.165) is 18.8 Å². The van der Waals surface area contributed by atoms with E-state index < -0.39 is 0 Å². The van der Waals surface area contributed by atoms with Crippen LogP contribution >= 0.6 is 0 Å². The van der Waals surface area contributed by atoms with Crippen molar-refractivity contribution in [2.75, 3.05) is 26.7 Å². The maximum Gasteiger partial charge on any atom is 0.0644 e. The minimum absolute atomic E-state index is 0.141. The number of nitrogens with zero attached hydrogens (tertiary/aromatic N) is 3. The molecular weight excluding hydrogens is 240 g/mol. The number of hydrogen-bond donors (Lipinski definition) is 2. The number of likely N-dealkylation sites (tertiary alicyclic amines) is 1. The molecule has 1 atom stereocenters. The Balaban J connectivity index is 1.88. The molecule has 0 spiro atoms. The Hall–Kier alpha value is -0.910. The van der Waals surface area contributed by atoms with Crippen LogP contribution in [0.25, 0.3) is 0 Å². The lowest BCUT2D eigenvalue weighted by atomic mass is 10.2. The van der Waals surface area contributed by atoms with Gasteiger partial charge in [-0.3, -0.25) is 4.68 Å². The summed E-state index contributed by atoms with van der Waals surface area (Å²) >= 11 is 0. The Morgan fingerprint density at radius 2 is 2.21 bits per heavy atom. The summed E-state index contributed by atoms with van der Waals surface area (Å²) in [5.41, 5.74) is 3.51. The molecular formula is C14H26N4O. The van der Waals surface area contributed by atoms with E-state index in [1.54, 1.807) is 0 Å². The fourth-order valence-electron chi connectivity index (χ4n) is 2.90. The smallest absolute Gasteiger partial charge is 0.0644 e. The number of nitrogens with one attached hydrogen (secondary N) is 1. The highest BCUT2D eigenvalue weighted by Crippen LogP contribution is 2.15. The lowest BCUT2D eigenvalue weighted by molar-refractivity contribution is 0.267. The van der Waals surface area contributed by atoms with Crippen molar-refractivity contribution >= 4 is 0 Å². The van der Waals surface area contributed by atoms with Gasteiger partial charge in [0.25, 0.3) is 0 Å². The first-order valence-corrected chi connectivity index (χ1v) is 7.18. The van der Waals surface area contributed by atoms with E-state index in [2.05, 4.69) is 29.3 Å². The van der Waals surface area contributed by atoms with E-state index in [9.17, 15) is 0 Å². The number of hydrogen-bond acceptors (Lipinski definition) is 4. The number of aromatic nitrogens is 2. The predicted octanol–water partition coefficient (Wildman–Crippen LogP) is 0.676. The molecule has 1 aliphatic rings. The second-order valence-corrected chi connectivity index (χ2v) is 5.50. The third-order valence-corrected chi connectivity index (χ3v) is 4.20. The molecule has 1 saturated heterocycles. The zero-order valence-electron chi connectivity index (χ0n) is 12.3. The van der Waals surface area contributed by atoms with Gasteiger partial charge in [-0.25, -0.2) is 0 Å². The lowest BCUT2D eigenvalue weighted by Crippen LogP contribution is -2.35. The molecule has 1 aromatic rings. The monoisotopic (exact) mass is 266 g/mol. The number of aliphatic hydroxyl groups is 1. The van der Waals surface area contributed by atoms with Crippen molar-refractivity contribution < 1.29 is 5.11 Å². The standard InChI is InChI=1S/C14H26N4O/c1-11-14(12(2)18(16-11)7-8-19)10-15-9-13-5-4-6-17(13)3/h13,15,19H,4-10H2,1-3H3. The molecule has 19 heavy (non-hydrogen) atoms. The molecule has 5 heteroatoms. The normalized spacial score (nSPS) is 20.3. The average Bonchev–Trinajstić information content (AvgIpc) is 2.89. The van der Waals surface area contributed by atoms with Gasteiger partial charge in [0.2, 0.25) is 0 Å². The molecule has 0 aromatic carbocycles. The van der Waals surface area contributed by atoms with Crippen LogP contribution in [0.2, 0.25) is 0 Å². The highest BCUT2D eigenvalue weighted by atomic mass is 16.3. The van der Waals surface area contributed by atoms with Gasteiger partial charge in [-0.05, 0) is 40.3 Å². The molecule has 0 saturated carbocycles. The minimum atomic E-state index is 0.141. The van der Waals surface area contributed by atoms with Crippen molar-refractivity contribution in [3.8, 4) is 0 Å². The quantitative estimate of drug-likeness (QED) is 0.795. The fraction of sp³-hybridized carbons (Fsp3) is 0.786. The Kier molecular flexibility index (Phi) is 4.96. The van der Waals surface area contributed by atoms with E-state index in [1.165, 1.54) is 30.6 Å². The summed E-state index contributed by atoms with van der Waals surface area (Å²) in [5.74, 6) is 0. The highest BCUT2D eigenvalue weighted by Gasteiger charge is 2.20. The Bertz CT molecular complexity index is 416. The van der Waals surface area contributed by atoms with Gasteiger partial charge in [0.1, 0.15) is 0 Å². The summed E-state index contributed by atoms with van der Waals surface area (Å²) in [5, 5.41) is 17.0. The van der Waals surface area contributed by atoms with Gasteiger partial charge in [-0.1, -0.05) is 0 Å². The summed E-state index contributed by atoms with van der Waals surface area (Å²) in [6, 6.07) is 0.674. The van der Waals surface area contributed by atoms with Crippen LogP contribution in [0, 0.1) is 13.8 Å². The van der Waals surface area contributed by atoms with Crippen LogP contribution in [0.1, 0.15) is 29.8 Å². The first kappa shape index (κ1) is 14.5. The van der Waals surface area contributed by atoms with Crippen LogP contribution in [0.5, 0.6) is 0 Å². The SMILES string of the molecule is Cc1nn(CCO)c(C)c1CNCC1CCCN1C. The largest absolute Gasteiger partial charge is 0.394 e. The second-order valence-electron chi connectivity index (χ2n) is 5.50. The molecule has 2 rings (SSSR count). The second kappa shape index (κ2) is 6.50. The molecule has 0 amide bonds. The van der Waals surface area contributed by atoms with Gasteiger partial charge in [-0.15, -0.1) is 0 Å². The molecule has 0 radical (unpaired) electrons. The van der Waals surface area contributed by atoms with Gasteiger partial charge in [0.15, 0.2) is 0 Å². The van der Waals surface area contributed by atoms with Crippen LogP contribution < -0.4 is 5.32 Å². The minimum Gasteiger partial charge on any atom is -0.394 e. The van der Waals surface area contributed by atoms with Gasteiger partial charge in [0.05, 0.1) is 18.8 Å². The lowest BCUT2D eigenvalue weighted by Gasteiger charge is -2.19. The Morgan fingerprint density at radius 3 is 2.84 bits per heavy atom. The van der Waals surface area contributed by atoms with Crippen LogP contribution in [0.3, 0.4) is 0 Å². The first-order valence-electron chi connectivity index (χ1n) is 7.18. The molecule has 108 valence electrons. The number of aliphatic hydroxyl groups excluding tert-OH is 1. The molecule has 2 N–H and O–H groups in total. The molecule has 0 aliphatic carbocycles. The number of rotatable bonds is 6. The van der Waals surface area contributed by atoms with E-state index in [0.29, 0.717) is 12.6 Å². The van der Waals surface area contributed by atoms with E-state index >= 15 is 0 Å². The van der Waals surface area contributed by atoms with E-state index in [-0.39, 0.29) is 6.61 Å². The zero-order chi connectivity index (χ0) is 13.8. The van der Waals surface area contributed by atoms with Crippen LogP contribution in [0.4, 0.5) is 0 Å². The van der Waals surface area contributed by atoms with Crippen molar-refractivity contribution in [2.24, 2.45) is 0 Å². The van der Waals surface area contributed by atoms with Gasteiger partial charge in [0, 0.05) is 30.4 Å². The average molecular weight is 266 g/mol. The van der Waals surface area contributed by atoms with Crippen molar-refractivity contribution in [1.29, 1.82) is 0 Å².